The van der Waals surface area contributed by atoms with Crippen LogP contribution in [0.25, 0.3) is 0 Å². The molecule has 242 valence electrons. The number of hydrogen-bond acceptors (Lipinski definition) is 5. The van der Waals surface area contributed by atoms with E-state index >= 15 is 0 Å². The fourth-order valence-electron chi connectivity index (χ4n) is 10.1. The highest BCUT2D eigenvalue weighted by Gasteiger charge is 2.46. The van der Waals surface area contributed by atoms with Crippen LogP contribution in [-0.2, 0) is 33.1 Å². The molecule has 2 fully saturated rings. The Labute approximate surface area is 266 Å². The van der Waals surface area contributed by atoms with Crippen LogP contribution in [0.15, 0.2) is 36.4 Å². The quantitative estimate of drug-likeness (QED) is 0.227. The standard InChI is InChI=1S/C39H57NO4/c1-38-17-7-3-5-10-28(24-29-13-15-32(41)26-35(29)38)34(38)12-9-20-43-22-23-44-21-19-40-37-31-11-6-4-8-18-39(37,2)36-27-33(42)16-14-30(36)25-31/h13-16,26-28,31,34,37,40-42H,3-12,17-25H2,1-2H3/t28-,31-,34-,37-,38-,39+/m0/s1. The van der Waals surface area contributed by atoms with Crippen LogP contribution >= 0.6 is 0 Å². The van der Waals surface area contributed by atoms with Gasteiger partial charge in [-0.1, -0.05) is 64.5 Å². The third kappa shape index (κ3) is 6.71. The van der Waals surface area contributed by atoms with E-state index in [1.807, 2.05) is 18.2 Å². The number of fused-ring (bicyclic) bond motifs is 8. The maximum Gasteiger partial charge on any atom is 0.115 e. The largest absolute Gasteiger partial charge is 0.508 e. The van der Waals surface area contributed by atoms with Gasteiger partial charge in [0.05, 0.1) is 19.8 Å². The SMILES string of the molecule is C[C@@]12CCCCC[C@@H](Cc3ccc(O)cc31)[C@@H]2CCCOCCOCCN[C@H]1[C@H]2CCCCC[C@]1(C)c1cc(O)ccc1C2. The van der Waals surface area contributed by atoms with Gasteiger partial charge in [-0.2, -0.15) is 0 Å². The van der Waals surface area contributed by atoms with Crippen molar-refractivity contribution in [3.8, 4) is 11.5 Å². The highest BCUT2D eigenvalue weighted by Crippen LogP contribution is 2.52. The number of ether oxygens (including phenoxy) is 2. The molecule has 6 atom stereocenters. The topological polar surface area (TPSA) is 71.0 Å². The van der Waals surface area contributed by atoms with Crippen molar-refractivity contribution in [3.63, 3.8) is 0 Å². The molecule has 4 aliphatic carbocycles. The van der Waals surface area contributed by atoms with Gasteiger partial charge in [0.15, 0.2) is 0 Å². The molecule has 4 aliphatic rings. The first-order chi connectivity index (χ1) is 21.4. The Hall–Kier alpha value is -2.08. The molecule has 0 unspecified atom stereocenters. The van der Waals surface area contributed by atoms with E-state index in [1.54, 1.807) is 0 Å². The van der Waals surface area contributed by atoms with Gasteiger partial charge in [0.1, 0.15) is 11.5 Å². The molecule has 0 heterocycles. The second-order valence-corrected chi connectivity index (χ2v) is 15.1. The predicted molar refractivity (Wildman–Crippen MR) is 178 cm³/mol. The summed E-state index contributed by atoms with van der Waals surface area (Å²) >= 11 is 0. The Balaban J connectivity index is 0.933. The van der Waals surface area contributed by atoms with Crippen LogP contribution in [0.1, 0.15) is 113 Å². The molecule has 2 saturated carbocycles. The minimum Gasteiger partial charge on any atom is -0.508 e. The van der Waals surface area contributed by atoms with Crippen LogP contribution in [0, 0.1) is 17.8 Å². The Morgan fingerprint density at radius 3 is 2.00 bits per heavy atom. The third-order valence-electron chi connectivity index (χ3n) is 12.3. The zero-order valence-electron chi connectivity index (χ0n) is 27.4. The second-order valence-electron chi connectivity index (χ2n) is 15.1. The molecule has 4 bridgehead atoms. The zero-order chi connectivity index (χ0) is 30.6. The van der Waals surface area contributed by atoms with E-state index in [0.29, 0.717) is 49.2 Å². The van der Waals surface area contributed by atoms with E-state index in [2.05, 4.69) is 37.4 Å². The smallest absolute Gasteiger partial charge is 0.115 e. The molecule has 2 aromatic carbocycles. The van der Waals surface area contributed by atoms with E-state index in [1.165, 1.54) is 92.9 Å². The Morgan fingerprint density at radius 1 is 0.705 bits per heavy atom. The number of benzene rings is 2. The Bertz CT molecular complexity index is 1150. The summed E-state index contributed by atoms with van der Waals surface area (Å²) in [4.78, 5) is 0. The van der Waals surface area contributed by atoms with Gasteiger partial charge in [0.2, 0.25) is 0 Å². The molecule has 0 aromatic heterocycles. The lowest BCUT2D eigenvalue weighted by molar-refractivity contribution is 0.0386. The van der Waals surface area contributed by atoms with Crippen LogP contribution < -0.4 is 5.32 Å². The first kappa shape index (κ1) is 31.9. The van der Waals surface area contributed by atoms with Crippen molar-refractivity contribution in [2.75, 3.05) is 33.0 Å². The molecule has 3 N–H and O–H groups in total. The fourth-order valence-corrected chi connectivity index (χ4v) is 10.1. The summed E-state index contributed by atoms with van der Waals surface area (Å²) < 4.78 is 12.1. The Morgan fingerprint density at radius 2 is 1.30 bits per heavy atom. The van der Waals surface area contributed by atoms with Crippen molar-refractivity contribution >= 4 is 0 Å². The average Bonchev–Trinajstić information content (AvgIpc) is 3.00. The molecular formula is C39H57NO4. The van der Waals surface area contributed by atoms with Crippen molar-refractivity contribution in [1.82, 2.24) is 5.32 Å². The first-order valence-electron chi connectivity index (χ1n) is 17.9. The summed E-state index contributed by atoms with van der Waals surface area (Å²) in [6, 6.07) is 12.6. The number of nitrogens with one attached hydrogen (secondary N) is 1. The monoisotopic (exact) mass is 603 g/mol. The third-order valence-corrected chi connectivity index (χ3v) is 12.3. The zero-order valence-corrected chi connectivity index (χ0v) is 27.4. The highest BCUT2D eigenvalue weighted by molar-refractivity contribution is 5.44. The average molecular weight is 604 g/mol. The number of aromatic hydroxyl groups is 2. The second kappa shape index (κ2) is 14.1. The van der Waals surface area contributed by atoms with E-state index in [-0.39, 0.29) is 10.8 Å². The summed E-state index contributed by atoms with van der Waals surface area (Å²) in [5.74, 6) is 2.84. The van der Waals surface area contributed by atoms with Crippen LogP contribution in [0.3, 0.4) is 0 Å². The van der Waals surface area contributed by atoms with E-state index < -0.39 is 0 Å². The lowest BCUT2D eigenvalue weighted by atomic mass is 9.55. The number of phenolic OH excluding ortho intramolecular Hbond substituents is 2. The van der Waals surface area contributed by atoms with Crippen LogP contribution in [0.4, 0.5) is 0 Å². The summed E-state index contributed by atoms with van der Waals surface area (Å²) in [6.07, 6.45) is 17.4. The van der Waals surface area contributed by atoms with Gasteiger partial charge >= 0.3 is 0 Å². The lowest BCUT2D eigenvalue weighted by Gasteiger charge is -2.49. The van der Waals surface area contributed by atoms with E-state index in [9.17, 15) is 10.2 Å². The van der Waals surface area contributed by atoms with Crippen LogP contribution in [-0.4, -0.2) is 49.2 Å². The molecule has 5 nitrogen and oxygen atoms in total. The first-order valence-corrected chi connectivity index (χ1v) is 17.9. The number of phenols is 2. The summed E-state index contributed by atoms with van der Waals surface area (Å²) in [5.41, 5.74) is 5.86. The predicted octanol–water partition coefficient (Wildman–Crippen LogP) is 7.97. The van der Waals surface area contributed by atoms with Crippen molar-refractivity contribution in [3.05, 3.63) is 58.7 Å². The highest BCUT2D eigenvalue weighted by atomic mass is 16.5. The normalized spacial score (nSPS) is 31.6. The molecule has 0 spiro atoms. The lowest BCUT2D eigenvalue weighted by Crippen LogP contribution is -2.55. The summed E-state index contributed by atoms with van der Waals surface area (Å²) in [5, 5.41) is 24.5. The van der Waals surface area contributed by atoms with Crippen LogP contribution in [0.5, 0.6) is 11.5 Å². The molecule has 2 aromatic rings. The molecule has 6 rings (SSSR count). The van der Waals surface area contributed by atoms with Crippen molar-refractivity contribution in [1.29, 1.82) is 0 Å². The molecular weight excluding hydrogens is 546 g/mol. The molecule has 0 amide bonds. The van der Waals surface area contributed by atoms with Crippen molar-refractivity contribution in [2.45, 2.75) is 121 Å². The fraction of sp³-hybridized carbons (Fsp3) is 0.692. The van der Waals surface area contributed by atoms with E-state index in [0.717, 1.165) is 38.3 Å². The Kier molecular flexibility index (Phi) is 10.2. The molecule has 5 heteroatoms. The van der Waals surface area contributed by atoms with Gasteiger partial charge in [-0.3, -0.25) is 0 Å². The minimum atomic E-state index is 0.0506. The van der Waals surface area contributed by atoms with Crippen molar-refractivity contribution in [2.24, 2.45) is 17.8 Å². The van der Waals surface area contributed by atoms with Crippen LogP contribution in [0.2, 0.25) is 0 Å². The maximum atomic E-state index is 10.3. The van der Waals surface area contributed by atoms with Gasteiger partial charge in [-0.15, -0.1) is 0 Å². The maximum absolute atomic E-state index is 10.3. The summed E-state index contributed by atoms with van der Waals surface area (Å²) in [7, 11) is 0. The molecule has 44 heavy (non-hydrogen) atoms. The van der Waals surface area contributed by atoms with Gasteiger partial charge in [0, 0.05) is 24.6 Å². The van der Waals surface area contributed by atoms with Gasteiger partial charge < -0.3 is 25.0 Å². The van der Waals surface area contributed by atoms with Crippen molar-refractivity contribution < 1.29 is 19.7 Å². The summed E-state index contributed by atoms with van der Waals surface area (Å²) in [6.45, 7) is 8.53. The molecule has 0 saturated heterocycles. The molecule has 0 radical (unpaired) electrons. The van der Waals surface area contributed by atoms with E-state index in [4.69, 9.17) is 9.47 Å². The van der Waals surface area contributed by atoms with Gasteiger partial charge in [0.25, 0.3) is 0 Å². The van der Waals surface area contributed by atoms with Gasteiger partial charge in [-0.05, 0) is 121 Å². The minimum absolute atomic E-state index is 0.0506. The van der Waals surface area contributed by atoms with Gasteiger partial charge in [-0.25, -0.2) is 0 Å². The molecule has 0 aliphatic heterocycles. The number of rotatable bonds is 11. The number of hydrogen-bond donors (Lipinski definition) is 3.